The van der Waals surface area contributed by atoms with Crippen LogP contribution in [0.25, 0.3) is 11.4 Å². The zero-order chi connectivity index (χ0) is 18.0. The fourth-order valence-electron chi connectivity index (χ4n) is 2.13. The monoisotopic (exact) mass is 367 g/mol. The predicted octanol–water partition coefficient (Wildman–Crippen LogP) is 4.64. The van der Waals surface area contributed by atoms with Gasteiger partial charge in [0.2, 0.25) is 0 Å². The molecular formula is C16H9ClF3N3O2. The predicted molar refractivity (Wildman–Crippen MR) is 83.6 cm³/mol. The van der Waals surface area contributed by atoms with Crippen molar-refractivity contribution in [1.29, 1.82) is 0 Å². The molecule has 0 bridgehead atoms. The molecule has 0 atom stereocenters. The van der Waals surface area contributed by atoms with Gasteiger partial charge in [-0.2, -0.15) is 13.2 Å². The van der Waals surface area contributed by atoms with Gasteiger partial charge in [0.25, 0.3) is 0 Å². The van der Waals surface area contributed by atoms with Crippen molar-refractivity contribution in [3.05, 3.63) is 70.6 Å². The van der Waals surface area contributed by atoms with Crippen LogP contribution in [0.4, 0.5) is 13.2 Å². The summed E-state index contributed by atoms with van der Waals surface area (Å²) >= 11 is 5.89. The standard InChI is InChI=1S/C16H9ClF3N3O2/c17-11-6-10(16(18,19)20)8-21-15(11)12-7-13(25-23-12)14(22-24)9-4-2-1-3-5-9/h1-8,24H/b22-14+. The van der Waals surface area contributed by atoms with E-state index in [1.54, 1.807) is 30.3 Å². The fourth-order valence-corrected chi connectivity index (χ4v) is 2.39. The summed E-state index contributed by atoms with van der Waals surface area (Å²) < 4.78 is 43.1. The number of aromatic nitrogens is 2. The van der Waals surface area contributed by atoms with Crippen molar-refractivity contribution >= 4 is 17.3 Å². The number of pyridine rings is 1. The number of halogens is 4. The first-order valence-corrected chi connectivity index (χ1v) is 7.25. The van der Waals surface area contributed by atoms with Gasteiger partial charge in [-0.1, -0.05) is 52.2 Å². The first kappa shape index (κ1) is 17.0. The lowest BCUT2D eigenvalue weighted by Crippen LogP contribution is -2.05. The highest BCUT2D eigenvalue weighted by molar-refractivity contribution is 6.33. The molecule has 0 saturated carbocycles. The van der Waals surface area contributed by atoms with Crippen molar-refractivity contribution in [3.8, 4) is 11.4 Å². The molecule has 3 rings (SSSR count). The number of hydrogen-bond acceptors (Lipinski definition) is 5. The van der Waals surface area contributed by atoms with E-state index in [4.69, 9.17) is 16.1 Å². The Hall–Kier alpha value is -2.87. The van der Waals surface area contributed by atoms with Crippen LogP contribution in [0, 0.1) is 0 Å². The Balaban J connectivity index is 1.97. The summed E-state index contributed by atoms with van der Waals surface area (Å²) in [5.74, 6) is 0.112. The highest BCUT2D eigenvalue weighted by atomic mass is 35.5. The van der Waals surface area contributed by atoms with Crippen LogP contribution in [0.5, 0.6) is 0 Å². The minimum absolute atomic E-state index is 0.0232. The van der Waals surface area contributed by atoms with Gasteiger partial charge in [0.05, 0.1) is 10.6 Å². The molecule has 0 aliphatic heterocycles. The lowest BCUT2D eigenvalue weighted by molar-refractivity contribution is -0.137. The molecule has 3 aromatic rings. The minimum Gasteiger partial charge on any atom is -0.410 e. The maximum absolute atomic E-state index is 12.7. The van der Waals surface area contributed by atoms with E-state index in [0.717, 1.165) is 6.07 Å². The second-order valence-corrected chi connectivity index (χ2v) is 5.35. The molecule has 0 radical (unpaired) electrons. The van der Waals surface area contributed by atoms with Crippen LogP contribution >= 0.6 is 11.6 Å². The average Bonchev–Trinajstić information content (AvgIpc) is 3.05. The van der Waals surface area contributed by atoms with Crippen molar-refractivity contribution in [1.82, 2.24) is 10.1 Å². The van der Waals surface area contributed by atoms with Crippen LogP contribution in [0.3, 0.4) is 0 Å². The summed E-state index contributed by atoms with van der Waals surface area (Å²) in [6.07, 6.45) is -3.89. The first-order valence-electron chi connectivity index (χ1n) is 6.88. The molecule has 9 heteroatoms. The van der Waals surface area contributed by atoms with E-state index >= 15 is 0 Å². The summed E-state index contributed by atoms with van der Waals surface area (Å²) in [5, 5.41) is 15.9. The van der Waals surface area contributed by atoms with Crippen molar-refractivity contribution in [2.24, 2.45) is 5.16 Å². The summed E-state index contributed by atoms with van der Waals surface area (Å²) in [5.41, 5.74) is -0.144. The first-order chi connectivity index (χ1) is 11.9. The van der Waals surface area contributed by atoms with Gasteiger partial charge in [0.15, 0.2) is 11.5 Å². The number of oxime groups is 1. The molecular weight excluding hydrogens is 359 g/mol. The van der Waals surface area contributed by atoms with Gasteiger partial charge < -0.3 is 9.73 Å². The molecule has 0 saturated heterocycles. The summed E-state index contributed by atoms with van der Waals surface area (Å²) in [6, 6.07) is 10.8. The van der Waals surface area contributed by atoms with E-state index in [-0.39, 0.29) is 27.9 Å². The van der Waals surface area contributed by atoms with Crippen LogP contribution in [-0.4, -0.2) is 21.1 Å². The zero-order valence-electron chi connectivity index (χ0n) is 12.3. The van der Waals surface area contributed by atoms with E-state index < -0.39 is 11.7 Å². The largest absolute Gasteiger partial charge is 0.417 e. The fraction of sp³-hybridized carbons (Fsp3) is 0.0625. The maximum atomic E-state index is 12.7. The smallest absolute Gasteiger partial charge is 0.410 e. The van der Waals surface area contributed by atoms with E-state index in [2.05, 4.69) is 15.3 Å². The second-order valence-electron chi connectivity index (χ2n) is 4.94. The van der Waals surface area contributed by atoms with Crippen molar-refractivity contribution in [3.63, 3.8) is 0 Å². The second kappa shape index (κ2) is 6.56. The van der Waals surface area contributed by atoms with Gasteiger partial charge in [0, 0.05) is 17.8 Å². The molecule has 1 N–H and O–H groups in total. The van der Waals surface area contributed by atoms with E-state index in [0.29, 0.717) is 11.8 Å². The van der Waals surface area contributed by atoms with Gasteiger partial charge in [-0.05, 0) is 6.07 Å². The van der Waals surface area contributed by atoms with Gasteiger partial charge >= 0.3 is 6.18 Å². The highest BCUT2D eigenvalue weighted by Crippen LogP contribution is 2.34. The van der Waals surface area contributed by atoms with Crippen LogP contribution in [-0.2, 0) is 6.18 Å². The molecule has 0 amide bonds. The lowest BCUT2D eigenvalue weighted by atomic mass is 10.1. The summed E-state index contributed by atoms with van der Waals surface area (Å²) in [6.45, 7) is 0. The highest BCUT2D eigenvalue weighted by Gasteiger charge is 2.32. The van der Waals surface area contributed by atoms with Gasteiger partial charge in [-0.15, -0.1) is 0 Å². The molecule has 2 aromatic heterocycles. The van der Waals surface area contributed by atoms with Gasteiger partial charge in [0.1, 0.15) is 11.4 Å². The zero-order valence-corrected chi connectivity index (χ0v) is 13.1. The normalized spacial score (nSPS) is 12.4. The molecule has 128 valence electrons. The molecule has 1 aromatic carbocycles. The number of rotatable bonds is 3. The molecule has 2 heterocycles. The maximum Gasteiger partial charge on any atom is 0.417 e. The molecule has 0 unspecified atom stereocenters. The van der Waals surface area contributed by atoms with Crippen molar-refractivity contribution in [2.75, 3.05) is 0 Å². The lowest BCUT2D eigenvalue weighted by Gasteiger charge is -2.07. The Bertz CT molecular complexity index is 924. The average molecular weight is 368 g/mol. The van der Waals surface area contributed by atoms with Crippen molar-refractivity contribution in [2.45, 2.75) is 6.18 Å². The van der Waals surface area contributed by atoms with E-state index in [9.17, 15) is 18.4 Å². The third-order valence-electron chi connectivity index (χ3n) is 3.30. The van der Waals surface area contributed by atoms with Gasteiger partial charge in [-0.25, -0.2) is 0 Å². The van der Waals surface area contributed by atoms with Crippen LogP contribution in [0.15, 0.2) is 58.3 Å². The minimum atomic E-state index is -4.55. The van der Waals surface area contributed by atoms with Gasteiger partial charge in [-0.3, -0.25) is 4.98 Å². The quantitative estimate of drug-likeness (QED) is 0.416. The van der Waals surface area contributed by atoms with Crippen molar-refractivity contribution < 1.29 is 22.9 Å². The van der Waals surface area contributed by atoms with E-state index in [1.807, 2.05) is 0 Å². The molecule has 0 aliphatic carbocycles. The van der Waals surface area contributed by atoms with Crippen LogP contribution in [0.2, 0.25) is 5.02 Å². The number of benzene rings is 1. The molecule has 0 aliphatic rings. The third-order valence-corrected chi connectivity index (χ3v) is 3.59. The Morgan fingerprint density at radius 3 is 2.48 bits per heavy atom. The summed E-state index contributed by atoms with van der Waals surface area (Å²) in [7, 11) is 0. The van der Waals surface area contributed by atoms with Crippen LogP contribution in [0.1, 0.15) is 16.9 Å². The molecule has 0 fully saturated rings. The Morgan fingerprint density at radius 1 is 1.16 bits per heavy atom. The van der Waals surface area contributed by atoms with E-state index in [1.165, 1.54) is 6.07 Å². The molecule has 0 spiro atoms. The number of hydrogen-bond donors (Lipinski definition) is 1. The topological polar surface area (TPSA) is 71.5 Å². The summed E-state index contributed by atoms with van der Waals surface area (Å²) in [4.78, 5) is 3.71. The number of alkyl halides is 3. The number of nitrogens with zero attached hydrogens (tertiary/aromatic N) is 3. The molecule has 5 nitrogen and oxygen atoms in total. The third kappa shape index (κ3) is 3.48. The Kier molecular flexibility index (Phi) is 4.45. The molecule has 25 heavy (non-hydrogen) atoms. The SMILES string of the molecule is O/N=C(\c1ccccc1)c1cc(-c2ncc(C(F)(F)F)cc2Cl)no1. The Labute approximate surface area is 144 Å². The van der Waals surface area contributed by atoms with Crippen LogP contribution < -0.4 is 0 Å². The Morgan fingerprint density at radius 2 is 1.88 bits per heavy atom.